The lowest BCUT2D eigenvalue weighted by molar-refractivity contribution is 0.0570. The van der Waals surface area contributed by atoms with Crippen LogP contribution in [0.15, 0.2) is 30.3 Å². The molecule has 124 valence electrons. The summed E-state index contributed by atoms with van der Waals surface area (Å²) in [6.07, 6.45) is 0. The van der Waals surface area contributed by atoms with Crippen molar-refractivity contribution in [2.45, 2.75) is 0 Å². The highest BCUT2D eigenvalue weighted by atomic mass is 32.2. The molecule has 0 saturated heterocycles. The number of hydrogen-bond acceptors (Lipinski definition) is 7. The van der Waals surface area contributed by atoms with Crippen molar-refractivity contribution < 1.29 is 27.5 Å². The Morgan fingerprint density at radius 2 is 1.74 bits per heavy atom. The Bertz CT molecular complexity index is 718. The summed E-state index contributed by atoms with van der Waals surface area (Å²) < 4.78 is 29.1. The van der Waals surface area contributed by atoms with E-state index in [2.05, 4.69) is 4.74 Å². The average Bonchev–Trinajstić information content (AvgIpc) is 2.44. The van der Waals surface area contributed by atoms with E-state index in [1.807, 2.05) is 0 Å². The Morgan fingerprint density at radius 1 is 1.13 bits per heavy atom. The van der Waals surface area contributed by atoms with Crippen LogP contribution in [0.25, 0.3) is 0 Å². The fourth-order valence-electron chi connectivity index (χ4n) is 1.25. The number of ether oxygens (including phenoxy) is 1. The van der Waals surface area contributed by atoms with E-state index in [9.17, 15) is 22.8 Å². The van der Waals surface area contributed by atoms with Gasteiger partial charge in [0.1, 0.15) is 0 Å². The van der Waals surface area contributed by atoms with E-state index in [0.29, 0.717) is 0 Å². The maximum absolute atomic E-state index is 11.6. The van der Waals surface area contributed by atoms with Crippen LogP contribution < -0.4 is 21.1 Å². The minimum absolute atomic E-state index is 0.139. The SMILES string of the molecule is N=C(NC(N)=O)NC(=O)NS(=O)(=O)COC(=O)c1ccccc1. The maximum atomic E-state index is 11.6. The lowest BCUT2D eigenvalue weighted by Gasteiger charge is -2.09. The van der Waals surface area contributed by atoms with E-state index in [-0.39, 0.29) is 5.56 Å². The van der Waals surface area contributed by atoms with Gasteiger partial charge in [-0.3, -0.25) is 16.0 Å². The third-order valence-electron chi connectivity index (χ3n) is 2.09. The molecule has 0 aromatic heterocycles. The van der Waals surface area contributed by atoms with E-state index in [0.717, 1.165) is 0 Å². The molecule has 0 unspecified atom stereocenters. The standard InChI is InChI=1S/C11H13N5O6S/c12-9(14-10(13)18)15-11(19)16-23(20,21)6-22-8(17)7-4-2-1-3-5-7/h1-5H,6H2,(H6,12,13,14,15,16,18,19). The van der Waals surface area contributed by atoms with Crippen LogP contribution in [0.3, 0.4) is 0 Å². The number of primary amides is 1. The zero-order chi connectivity index (χ0) is 17.5. The Morgan fingerprint density at radius 3 is 2.30 bits per heavy atom. The van der Waals surface area contributed by atoms with Gasteiger partial charge < -0.3 is 10.5 Å². The quantitative estimate of drug-likeness (QED) is 0.266. The highest BCUT2D eigenvalue weighted by Gasteiger charge is 2.18. The van der Waals surface area contributed by atoms with Crippen LogP contribution in [0.1, 0.15) is 10.4 Å². The zero-order valence-electron chi connectivity index (χ0n) is 11.5. The Labute approximate surface area is 130 Å². The fraction of sp³-hybridized carbons (Fsp3) is 0.0909. The lowest BCUT2D eigenvalue weighted by Crippen LogP contribution is -2.50. The number of sulfonamides is 1. The second kappa shape index (κ2) is 7.74. The number of benzene rings is 1. The first kappa shape index (κ1) is 17.9. The minimum atomic E-state index is -4.30. The van der Waals surface area contributed by atoms with Crippen molar-refractivity contribution in [2.75, 3.05) is 5.94 Å². The summed E-state index contributed by atoms with van der Waals surface area (Å²) in [6, 6.07) is 5.18. The van der Waals surface area contributed by atoms with Gasteiger partial charge in [0.15, 0.2) is 0 Å². The number of carbonyl (C=O) groups is 3. The highest BCUT2D eigenvalue weighted by Crippen LogP contribution is 2.01. The van der Waals surface area contributed by atoms with Gasteiger partial charge in [-0.05, 0) is 12.1 Å². The monoisotopic (exact) mass is 343 g/mol. The number of amides is 4. The van der Waals surface area contributed by atoms with Gasteiger partial charge in [-0.2, -0.15) is 0 Å². The summed E-state index contributed by atoms with van der Waals surface area (Å²) >= 11 is 0. The van der Waals surface area contributed by atoms with Crippen LogP contribution in [0.2, 0.25) is 0 Å². The molecule has 0 atom stereocenters. The van der Waals surface area contributed by atoms with Crippen LogP contribution in [0, 0.1) is 5.41 Å². The Balaban J connectivity index is 2.50. The molecule has 1 rings (SSSR count). The smallest absolute Gasteiger partial charge is 0.339 e. The first-order valence-corrected chi connectivity index (χ1v) is 7.53. The van der Waals surface area contributed by atoms with Crippen molar-refractivity contribution in [3.8, 4) is 0 Å². The fourth-order valence-corrected chi connectivity index (χ4v) is 1.91. The molecule has 6 N–H and O–H groups in total. The van der Waals surface area contributed by atoms with E-state index in [4.69, 9.17) is 11.1 Å². The highest BCUT2D eigenvalue weighted by molar-refractivity contribution is 7.89. The number of esters is 1. The second-order valence-corrected chi connectivity index (χ2v) is 5.62. The predicted octanol–water partition coefficient (Wildman–Crippen LogP) is -0.967. The number of rotatable bonds is 4. The predicted molar refractivity (Wildman–Crippen MR) is 77.8 cm³/mol. The van der Waals surface area contributed by atoms with E-state index in [1.165, 1.54) is 16.9 Å². The second-order valence-electron chi connectivity index (χ2n) is 3.95. The van der Waals surface area contributed by atoms with E-state index >= 15 is 0 Å². The molecule has 23 heavy (non-hydrogen) atoms. The first-order chi connectivity index (χ1) is 10.7. The molecule has 0 aliphatic carbocycles. The van der Waals surface area contributed by atoms with Gasteiger partial charge in [0, 0.05) is 0 Å². The maximum Gasteiger partial charge on any atom is 0.339 e. The average molecular weight is 343 g/mol. The summed E-state index contributed by atoms with van der Waals surface area (Å²) in [5, 5.41) is 10.5. The largest absolute Gasteiger partial charge is 0.444 e. The van der Waals surface area contributed by atoms with Crippen LogP contribution in [0.5, 0.6) is 0 Å². The molecule has 0 aliphatic rings. The summed E-state index contributed by atoms with van der Waals surface area (Å²) in [4.78, 5) is 33.3. The number of carbonyl (C=O) groups excluding carboxylic acids is 3. The summed E-state index contributed by atoms with van der Waals surface area (Å²) in [5.74, 6) is -2.82. The molecule has 1 aromatic carbocycles. The third-order valence-corrected chi connectivity index (χ3v) is 3.01. The van der Waals surface area contributed by atoms with Crippen molar-refractivity contribution in [2.24, 2.45) is 5.73 Å². The van der Waals surface area contributed by atoms with Crippen molar-refractivity contribution in [1.82, 2.24) is 15.4 Å². The van der Waals surface area contributed by atoms with Crippen molar-refractivity contribution >= 4 is 34.0 Å². The number of nitrogens with one attached hydrogen (secondary N) is 4. The van der Waals surface area contributed by atoms with Gasteiger partial charge in [-0.15, -0.1) is 0 Å². The van der Waals surface area contributed by atoms with Crippen LogP contribution in [-0.4, -0.2) is 38.3 Å². The normalized spacial score (nSPS) is 10.3. The van der Waals surface area contributed by atoms with Gasteiger partial charge in [0.2, 0.25) is 11.9 Å². The van der Waals surface area contributed by atoms with Gasteiger partial charge >= 0.3 is 18.0 Å². The first-order valence-electron chi connectivity index (χ1n) is 5.88. The Kier molecular flexibility index (Phi) is 6.03. The molecule has 4 amide bonds. The molecule has 0 saturated carbocycles. The Hall–Kier alpha value is -3.15. The van der Waals surface area contributed by atoms with Crippen LogP contribution in [-0.2, 0) is 14.8 Å². The third kappa shape index (κ3) is 6.90. The molecule has 11 nitrogen and oxygen atoms in total. The molecule has 0 heterocycles. The molecule has 0 aliphatic heterocycles. The molecular weight excluding hydrogens is 330 g/mol. The lowest BCUT2D eigenvalue weighted by atomic mass is 10.2. The van der Waals surface area contributed by atoms with Crippen molar-refractivity contribution in [1.29, 1.82) is 5.41 Å². The molecule has 1 aromatic rings. The summed E-state index contributed by atoms with van der Waals surface area (Å²) in [6.45, 7) is 0. The topological polar surface area (TPSA) is 181 Å². The number of nitrogens with two attached hydrogens (primary N) is 1. The molecule has 0 fully saturated rings. The minimum Gasteiger partial charge on any atom is -0.444 e. The van der Waals surface area contributed by atoms with Gasteiger partial charge in [0.05, 0.1) is 5.56 Å². The van der Waals surface area contributed by atoms with E-state index < -0.39 is 40.0 Å². The van der Waals surface area contributed by atoms with E-state index in [1.54, 1.807) is 28.8 Å². The molecule has 0 radical (unpaired) electrons. The van der Waals surface area contributed by atoms with Gasteiger partial charge in [-0.25, -0.2) is 27.5 Å². The number of urea groups is 2. The number of hydrogen-bond donors (Lipinski definition) is 5. The van der Waals surface area contributed by atoms with Gasteiger partial charge in [-0.1, -0.05) is 18.2 Å². The molecule has 12 heteroatoms. The van der Waals surface area contributed by atoms with Gasteiger partial charge in [0.25, 0.3) is 10.0 Å². The zero-order valence-corrected chi connectivity index (χ0v) is 12.3. The van der Waals surface area contributed by atoms with Crippen LogP contribution >= 0.6 is 0 Å². The van der Waals surface area contributed by atoms with Crippen molar-refractivity contribution in [3.63, 3.8) is 0 Å². The molecule has 0 spiro atoms. The molecule has 0 bridgehead atoms. The number of guanidine groups is 1. The molecular formula is C11H13N5O6S. The summed E-state index contributed by atoms with van der Waals surface area (Å²) in [7, 11) is -4.30. The van der Waals surface area contributed by atoms with Crippen LogP contribution in [0.4, 0.5) is 9.59 Å². The van der Waals surface area contributed by atoms with Crippen molar-refractivity contribution in [3.05, 3.63) is 35.9 Å². The summed E-state index contributed by atoms with van der Waals surface area (Å²) in [5.41, 5.74) is 4.83.